The first-order valence-electron chi connectivity index (χ1n) is 6.31. The molecule has 0 N–H and O–H groups in total. The molecule has 1 saturated carbocycles. The lowest BCUT2D eigenvalue weighted by molar-refractivity contribution is 0.415. The number of halogens is 1. The number of nitrogens with zero attached hydrogens (tertiary/aromatic N) is 2. The third-order valence-corrected chi connectivity index (χ3v) is 3.87. The van der Waals surface area contributed by atoms with Gasteiger partial charge < -0.3 is 9.30 Å². The second kappa shape index (κ2) is 4.16. The summed E-state index contributed by atoms with van der Waals surface area (Å²) >= 11 is 6.26. The number of alkyl halides is 1. The van der Waals surface area contributed by atoms with Crippen LogP contribution < -0.4 is 4.74 Å². The van der Waals surface area contributed by atoms with Gasteiger partial charge in [-0.15, -0.1) is 11.6 Å². The average molecular weight is 265 g/mol. The van der Waals surface area contributed by atoms with Gasteiger partial charge in [-0.1, -0.05) is 6.92 Å². The number of methoxy groups -OCH3 is 1. The van der Waals surface area contributed by atoms with Crippen LogP contribution in [0.15, 0.2) is 18.2 Å². The first-order valence-corrected chi connectivity index (χ1v) is 6.75. The van der Waals surface area contributed by atoms with Crippen LogP contribution >= 0.6 is 11.6 Å². The van der Waals surface area contributed by atoms with Crippen molar-refractivity contribution in [2.45, 2.75) is 31.7 Å². The molecule has 1 heterocycles. The van der Waals surface area contributed by atoms with Crippen molar-refractivity contribution >= 4 is 22.6 Å². The van der Waals surface area contributed by atoms with Gasteiger partial charge in [0.15, 0.2) is 0 Å². The lowest BCUT2D eigenvalue weighted by atomic mass is 10.3. The summed E-state index contributed by atoms with van der Waals surface area (Å²) in [4.78, 5) is 4.67. The second-order valence-electron chi connectivity index (χ2n) is 5.09. The molecular weight excluding hydrogens is 248 g/mol. The summed E-state index contributed by atoms with van der Waals surface area (Å²) < 4.78 is 7.55. The Bertz CT molecular complexity index is 591. The van der Waals surface area contributed by atoms with Crippen LogP contribution in [0, 0.1) is 5.92 Å². The van der Waals surface area contributed by atoms with Gasteiger partial charge in [-0.05, 0) is 31.4 Å². The van der Waals surface area contributed by atoms with E-state index in [0.717, 1.165) is 28.5 Å². The van der Waals surface area contributed by atoms with Crippen molar-refractivity contribution < 1.29 is 4.74 Å². The highest BCUT2D eigenvalue weighted by Crippen LogP contribution is 2.46. The van der Waals surface area contributed by atoms with Crippen LogP contribution in [0.5, 0.6) is 5.75 Å². The predicted molar refractivity (Wildman–Crippen MR) is 73.4 cm³/mol. The summed E-state index contributed by atoms with van der Waals surface area (Å²) in [6.45, 7) is 4.24. The highest BCUT2D eigenvalue weighted by molar-refractivity contribution is 6.20. The zero-order valence-electron chi connectivity index (χ0n) is 10.9. The zero-order chi connectivity index (χ0) is 12.9. The highest BCUT2D eigenvalue weighted by Gasteiger charge is 2.37. The van der Waals surface area contributed by atoms with Crippen LogP contribution in [0.1, 0.15) is 37.5 Å². The van der Waals surface area contributed by atoms with Gasteiger partial charge in [-0.25, -0.2) is 4.98 Å². The molecule has 0 radical (unpaired) electrons. The highest BCUT2D eigenvalue weighted by atomic mass is 35.5. The van der Waals surface area contributed by atoms with Crippen LogP contribution in [0.25, 0.3) is 11.0 Å². The largest absolute Gasteiger partial charge is 0.497 e. The lowest BCUT2D eigenvalue weighted by Crippen LogP contribution is -2.03. The number of hydrogen-bond acceptors (Lipinski definition) is 2. The van der Waals surface area contributed by atoms with Gasteiger partial charge in [0.2, 0.25) is 0 Å². The minimum Gasteiger partial charge on any atom is -0.497 e. The van der Waals surface area contributed by atoms with E-state index in [2.05, 4.69) is 22.5 Å². The fraction of sp³-hybridized carbons (Fsp3) is 0.500. The van der Waals surface area contributed by atoms with Crippen molar-refractivity contribution in [2.24, 2.45) is 5.92 Å². The van der Waals surface area contributed by atoms with Crippen molar-refractivity contribution in [3.8, 4) is 5.75 Å². The van der Waals surface area contributed by atoms with E-state index >= 15 is 0 Å². The summed E-state index contributed by atoms with van der Waals surface area (Å²) in [5, 5.41) is -0.0730. The van der Waals surface area contributed by atoms with E-state index in [9.17, 15) is 0 Å². The molecule has 1 aromatic carbocycles. The number of aromatic nitrogens is 2. The first-order chi connectivity index (χ1) is 8.61. The normalized spacial score (nSPS) is 24.2. The molecule has 3 atom stereocenters. The number of fused-ring (bicyclic) bond motifs is 1. The van der Waals surface area contributed by atoms with Gasteiger partial charge in [0.1, 0.15) is 11.6 Å². The van der Waals surface area contributed by atoms with Crippen LogP contribution in [-0.4, -0.2) is 16.7 Å². The van der Waals surface area contributed by atoms with Crippen LogP contribution in [0.4, 0.5) is 0 Å². The van der Waals surface area contributed by atoms with E-state index in [1.54, 1.807) is 7.11 Å². The number of ether oxygens (including phenoxy) is 1. The Kier molecular flexibility index (Phi) is 2.74. The monoisotopic (exact) mass is 264 g/mol. The van der Waals surface area contributed by atoms with E-state index in [0.29, 0.717) is 6.04 Å². The molecule has 2 aromatic rings. The number of hydrogen-bond donors (Lipinski definition) is 0. The average Bonchev–Trinajstić information content (AvgIpc) is 2.94. The maximum atomic E-state index is 6.26. The lowest BCUT2D eigenvalue weighted by Gasteiger charge is -2.09. The minimum atomic E-state index is -0.0730. The standard InChI is InChI=1S/C14H17ClN2O/c1-8-6-13(8)17-12-5-4-10(18-3)7-11(12)16-14(17)9(2)15/h4-5,7-9,13H,6H2,1-3H3. The first kappa shape index (κ1) is 11.8. The molecule has 4 heteroatoms. The maximum Gasteiger partial charge on any atom is 0.127 e. The molecule has 0 aliphatic heterocycles. The Labute approximate surface area is 112 Å². The SMILES string of the molecule is COc1ccc2c(c1)nc(C(C)Cl)n2C1CC1C. The molecule has 0 amide bonds. The molecule has 3 unspecified atom stereocenters. The predicted octanol–water partition coefficient (Wildman–Crippen LogP) is 3.93. The quantitative estimate of drug-likeness (QED) is 0.786. The second-order valence-corrected chi connectivity index (χ2v) is 5.75. The summed E-state index contributed by atoms with van der Waals surface area (Å²) in [6, 6.07) is 6.59. The van der Waals surface area contributed by atoms with Gasteiger partial charge in [0.25, 0.3) is 0 Å². The summed E-state index contributed by atoms with van der Waals surface area (Å²) in [5.74, 6) is 2.53. The fourth-order valence-corrected chi connectivity index (χ4v) is 2.67. The van der Waals surface area contributed by atoms with Crippen LogP contribution in [0.3, 0.4) is 0 Å². The third kappa shape index (κ3) is 1.77. The fourth-order valence-electron chi connectivity index (χ4n) is 2.52. The number of benzene rings is 1. The van der Waals surface area contributed by atoms with E-state index in [-0.39, 0.29) is 5.38 Å². The molecule has 0 bridgehead atoms. The van der Waals surface area contributed by atoms with Crippen molar-refractivity contribution in [3.05, 3.63) is 24.0 Å². The molecule has 3 rings (SSSR count). The molecule has 18 heavy (non-hydrogen) atoms. The van der Waals surface area contributed by atoms with Crippen molar-refractivity contribution in [3.63, 3.8) is 0 Å². The minimum absolute atomic E-state index is 0.0730. The molecule has 0 saturated heterocycles. The zero-order valence-corrected chi connectivity index (χ0v) is 11.6. The van der Waals surface area contributed by atoms with Crippen molar-refractivity contribution in [1.82, 2.24) is 9.55 Å². The molecule has 1 fully saturated rings. The Morgan fingerprint density at radius 3 is 2.78 bits per heavy atom. The Morgan fingerprint density at radius 1 is 1.50 bits per heavy atom. The van der Waals surface area contributed by atoms with Crippen molar-refractivity contribution in [2.75, 3.05) is 7.11 Å². The smallest absolute Gasteiger partial charge is 0.127 e. The van der Waals surface area contributed by atoms with E-state index in [1.165, 1.54) is 6.42 Å². The van der Waals surface area contributed by atoms with Gasteiger partial charge in [0, 0.05) is 12.1 Å². The summed E-state index contributed by atoms with van der Waals surface area (Å²) in [5.41, 5.74) is 2.13. The molecule has 1 aliphatic rings. The number of imidazole rings is 1. The molecule has 1 aliphatic carbocycles. The third-order valence-electron chi connectivity index (χ3n) is 3.68. The molecule has 96 valence electrons. The van der Waals surface area contributed by atoms with Gasteiger partial charge in [0.05, 0.1) is 23.5 Å². The number of rotatable bonds is 3. The van der Waals surface area contributed by atoms with Gasteiger partial charge in [-0.2, -0.15) is 0 Å². The van der Waals surface area contributed by atoms with E-state index in [4.69, 9.17) is 16.3 Å². The van der Waals surface area contributed by atoms with Crippen molar-refractivity contribution in [1.29, 1.82) is 0 Å². The molecular formula is C14H17ClN2O. The molecule has 1 aromatic heterocycles. The van der Waals surface area contributed by atoms with E-state index in [1.807, 2.05) is 19.1 Å². The molecule has 3 nitrogen and oxygen atoms in total. The molecule has 0 spiro atoms. The summed E-state index contributed by atoms with van der Waals surface area (Å²) in [7, 11) is 1.67. The van der Waals surface area contributed by atoms with Crippen LogP contribution in [-0.2, 0) is 0 Å². The Morgan fingerprint density at radius 2 is 2.22 bits per heavy atom. The van der Waals surface area contributed by atoms with Crippen LogP contribution in [0.2, 0.25) is 0 Å². The van der Waals surface area contributed by atoms with Gasteiger partial charge in [-0.3, -0.25) is 0 Å². The maximum absolute atomic E-state index is 6.26. The summed E-state index contributed by atoms with van der Waals surface area (Å²) in [6.07, 6.45) is 1.22. The van der Waals surface area contributed by atoms with Gasteiger partial charge >= 0.3 is 0 Å². The topological polar surface area (TPSA) is 27.1 Å². The Hall–Kier alpha value is -1.22. The van der Waals surface area contributed by atoms with E-state index < -0.39 is 0 Å². The Balaban J connectivity index is 2.20.